The Bertz CT molecular complexity index is 541. The van der Waals surface area contributed by atoms with Gasteiger partial charge in [-0.3, -0.25) is 4.98 Å². The van der Waals surface area contributed by atoms with Crippen molar-refractivity contribution >= 4 is 34.6 Å². The van der Waals surface area contributed by atoms with Gasteiger partial charge >= 0.3 is 0 Å². The molecule has 0 spiro atoms. The fraction of sp³-hybridized carbons (Fsp3) is 0.429. The number of hydrogen-bond acceptors (Lipinski definition) is 5. The average Bonchev–Trinajstić information content (AvgIpc) is 2.48. The molecule has 19 heavy (non-hydrogen) atoms. The first-order valence-electron chi connectivity index (χ1n) is 6.52. The van der Waals surface area contributed by atoms with Crippen LogP contribution in [0.1, 0.15) is 5.69 Å². The number of nitrogens with zero attached hydrogens (tertiary/aromatic N) is 2. The monoisotopic (exact) mass is 291 g/mol. The second-order valence-electron chi connectivity index (χ2n) is 4.55. The first kappa shape index (κ1) is 13.2. The van der Waals surface area contributed by atoms with Gasteiger partial charge in [0.25, 0.3) is 0 Å². The lowest BCUT2D eigenvalue weighted by molar-refractivity contribution is 0.674. The van der Waals surface area contributed by atoms with Crippen LogP contribution in [-0.2, 0) is 6.54 Å². The fourth-order valence-corrected chi connectivity index (χ4v) is 4.74. The molecule has 1 aromatic carbocycles. The molecule has 0 amide bonds. The third kappa shape index (κ3) is 3.61. The van der Waals surface area contributed by atoms with Gasteiger partial charge in [-0.2, -0.15) is 23.5 Å². The maximum atomic E-state index is 4.62. The lowest BCUT2D eigenvalue weighted by Gasteiger charge is -2.21. The molecule has 0 bridgehead atoms. The summed E-state index contributed by atoms with van der Waals surface area (Å²) in [5.74, 6) is 3.85. The minimum absolute atomic E-state index is 0.743. The molecule has 3 nitrogen and oxygen atoms in total. The highest BCUT2D eigenvalue weighted by Crippen LogP contribution is 2.23. The van der Waals surface area contributed by atoms with Crippen LogP contribution in [0.4, 0.5) is 0 Å². The number of fused-ring (bicyclic) bond motifs is 1. The van der Waals surface area contributed by atoms with E-state index in [9.17, 15) is 0 Å². The molecule has 1 atom stereocenters. The molecular weight excluding hydrogens is 274 g/mol. The Hall–Kier alpha value is -0.780. The smallest absolute Gasteiger partial charge is 0.0890 e. The highest BCUT2D eigenvalue weighted by atomic mass is 32.2. The third-order valence-electron chi connectivity index (χ3n) is 3.06. The van der Waals surface area contributed by atoms with Gasteiger partial charge in [0.05, 0.1) is 22.9 Å². The molecule has 1 N–H and O–H groups in total. The summed E-state index contributed by atoms with van der Waals surface area (Å²) in [7, 11) is 0. The molecule has 1 fully saturated rings. The molecule has 1 aliphatic heterocycles. The van der Waals surface area contributed by atoms with Crippen molar-refractivity contribution < 1.29 is 0 Å². The molecular formula is C14H17N3S2. The highest BCUT2D eigenvalue weighted by Gasteiger charge is 2.13. The van der Waals surface area contributed by atoms with Gasteiger partial charge in [-0.15, -0.1) is 0 Å². The van der Waals surface area contributed by atoms with Gasteiger partial charge in [0, 0.05) is 35.6 Å². The SMILES string of the molecule is c1ccc2nc(CNCC3CSCCS3)cnc2c1. The van der Waals surface area contributed by atoms with Crippen molar-refractivity contribution in [3.05, 3.63) is 36.2 Å². The normalized spacial score (nSPS) is 19.7. The van der Waals surface area contributed by atoms with Gasteiger partial charge in [-0.25, -0.2) is 4.98 Å². The van der Waals surface area contributed by atoms with Crippen molar-refractivity contribution in [2.75, 3.05) is 23.8 Å². The second-order valence-corrected chi connectivity index (χ2v) is 7.11. The van der Waals surface area contributed by atoms with Crippen molar-refractivity contribution in [3.63, 3.8) is 0 Å². The van der Waals surface area contributed by atoms with E-state index in [0.717, 1.165) is 35.1 Å². The van der Waals surface area contributed by atoms with Crippen LogP contribution in [-0.4, -0.2) is 39.0 Å². The molecule has 1 saturated heterocycles. The van der Waals surface area contributed by atoms with E-state index in [2.05, 4.69) is 38.8 Å². The van der Waals surface area contributed by atoms with Crippen molar-refractivity contribution in [2.24, 2.45) is 0 Å². The lowest BCUT2D eigenvalue weighted by atomic mass is 10.3. The van der Waals surface area contributed by atoms with Gasteiger partial charge in [-0.05, 0) is 12.1 Å². The lowest BCUT2D eigenvalue weighted by Crippen LogP contribution is -2.28. The van der Waals surface area contributed by atoms with Crippen molar-refractivity contribution in [1.29, 1.82) is 0 Å². The number of para-hydroxylation sites is 2. The Balaban J connectivity index is 1.56. The third-order valence-corrected chi connectivity index (χ3v) is 5.91. The Morgan fingerprint density at radius 3 is 2.95 bits per heavy atom. The summed E-state index contributed by atoms with van der Waals surface area (Å²) >= 11 is 4.14. The van der Waals surface area contributed by atoms with Crippen molar-refractivity contribution in [2.45, 2.75) is 11.8 Å². The summed E-state index contributed by atoms with van der Waals surface area (Å²) in [6, 6.07) is 8.01. The molecule has 2 aromatic rings. The van der Waals surface area contributed by atoms with Crippen LogP contribution in [0.3, 0.4) is 0 Å². The van der Waals surface area contributed by atoms with Crippen LogP contribution >= 0.6 is 23.5 Å². The van der Waals surface area contributed by atoms with E-state index in [4.69, 9.17) is 0 Å². The summed E-state index contributed by atoms with van der Waals surface area (Å²) in [5, 5.41) is 4.24. The zero-order valence-electron chi connectivity index (χ0n) is 10.7. The van der Waals surface area contributed by atoms with Crippen LogP contribution in [0.5, 0.6) is 0 Å². The molecule has 1 unspecified atom stereocenters. The highest BCUT2D eigenvalue weighted by molar-refractivity contribution is 8.06. The van der Waals surface area contributed by atoms with E-state index < -0.39 is 0 Å². The minimum Gasteiger partial charge on any atom is -0.310 e. The minimum atomic E-state index is 0.743. The van der Waals surface area contributed by atoms with Crippen molar-refractivity contribution in [3.8, 4) is 0 Å². The summed E-state index contributed by atoms with van der Waals surface area (Å²) < 4.78 is 0. The summed E-state index contributed by atoms with van der Waals surface area (Å²) in [5.41, 5.74) is 2.96. The Morgan fingerprint density at radius 2 is 2.11 bits per heavy atom. The molecule has 0 saturated carbocycles. The van der Waals surface area contributed by atoms with E-state index in [0.29, 0.717) is 0 Å². The largest absolute Gasteiger partial charge is 0.310 e. The molecule has 0 radical (unpaired) electrons. The molecule has 5 heteroatoms. The van der Waals surface area contributed by atoms with Gasteiger partial charge in [0.2, 0.25) is 0 Å². The standard InChI is InChI=1S/C14H17N3S2/c1-2-4-14-13(3-1)16-8-11(17-14)7-15-9-12-10-18-5-6-19-12/h1-4,8,12,15H,5-7,9-10H2. The Kier molecular flexibility index (Phi) is 4.58. The molecule has 0 aliphatic carbocycles. The predicted octanol–water partition coefficient (Wildman–Crippen LogP) is 2.57. The number of thioether (sulfide) groups is 2. The van der Waals surface area contributed by atoms with E-state index in [1.54, 1.807) is 0 Å². The molecule has 1 aliphatic rings. The zero-order valence-corrected chi connectivity index (χ0v) is 12.3. The summed E-state index contributed by atoms with van der Waals surface area (Å²) in [6.45, 7) is 1.87. The van der Waals surface area contributed by atoms with E-state index in [1.807, 2.05) is 30.5 Å². The molecule has 2 heterocycles. The summed E-state index contributed by atoms with van der Waals surface area (Å²) in [6.07, 6.45) is 1.87. The topological polar surface area (TPSA) is 37.8 Å². The van der Waals surface area contributed by atoms with Crippen LogP contribution in [0, 0.1) is 0 Å². The molecule has 100 valence electrons. The Morgan fingerprint density at radius 1 is 1.21 bits per heavy atom. The van der Waals surface area contributed by atoms with Gasteiger partial charge in [0.1, 0.15) is 0 Å². The van der Waals surface area contributed by atoms with E-state index >= 15 is 0 Å². The number of benzene rings is 1. The number of aromatic nitrogens is 2. The van der Waals surface area contributed by atoms with Gasteiger partial charge < -0.3 is 5.32 Å². The second kappa shape index (κ2) is 6.59. The predicted molar refractivity (Wildman–Crippen MR) is 84.8 cm³/mol. The Labute approximate surface area is 122 Å². The van der Waals surface area contributed by atoms with Gasteiger partial charge in [-0.1, -0.05) is 12.1 Å². The first-order chi connectivity index (χ1) is 9.42. The van der Waals surface area contributed by atoms with Crippen LogP contribution in [0.2, 0.25) is 0 Å². The maximum Gasteiger partial charge on any atom is 0.0890 e. The van der Waals surface area contributed by atoms with Crippen LogP contribution in [0.15, 0.2) is 30.5 Å². The molecule has 1 aromatic heterocycles. The van der Waals surface area contributed by atoms with E-state index in [1.165, 1.54) is 17.3 Å². The van der Waals surface area contributed by atoms with Gasteiger partial charge in [0.15, 0.2) is 0 Å². The van der Waals surface area contributed by atoms with Crippen LogP contribution in [0.25, 0.3) is 11.0 Å². The van der Waals surface area contributed by atoms with Crippen LogP contribution < -0.4 is 5.32 Å². The summed E-state index contributed by atoms with van der Waals surface area (Å²) in [4.78, 5) is 9.06. The number of hydrogen-bond donors (Lipinski definition) is 1. The first-order valence-corrected chi connectivity index (χ1v) is 8.73. The quantitative estimate of drug-likeness (QED) is 0.937. The van der Waals surface area contributed by atoms with Crippen molar-refractivity contribution in [1.82, 2.24) is 15.3 Å². The fourth-order valence-electron chi connectivity index (χ4n) is 2.10. The number of rotatable bonds is 4. The zero-order chi connectivity index (χ0) is 12.9. The van der Waals surface area contributed by atoms with E-state index in [-0.39, 0.29) is 0 Å². The maximum absolute atomic E-state index is 4.62. The average molecular weight is 291 g/mol. The molecule has 3 rings (SSSR count). The number of nitrogens with one attached hydrogen (secondary N) is 1.